The number of rotatable bonds is 23. The lowest BCUT2D eigenvalue weighted by molar-refractivity contribution is -0.870. The molecule has 8 heteroatoms. The highest BCUT2D eigenvalue weighted by Gasteiger charge is 2.22. The first kappa shape index (κ1) is 32.3. The predicted octanol–water partition coefficient (Wildman–Crippen LogP) is 6.41. The van der Waals surface area contributed by atoms with Crippen molar-refractivity contribution in [3.8, 4) is 0 Å². The molecule has 1 N–H and O–H groups in total. The maximum absolute atomic E-state index is 11.7. The molecule has 0 saturated carbocycles. The van der Waals surface area contributed by atoms with Crippen LogP contribution in [-0.4, -0.2) is 62.9 Å². The quantitative estimate of drug-likeness (QED) is 0.0584. The van der Waals surface area contributed by atoms with Crippen molar-refractivity contribution in [1.82, 2.24) is 0 Å². The molecular weight excluding hydrogens is 441 g/mol. The summed E-state index contributed by atoms with van der Waals surface area (Å²) in [6.07, 6.45) is 20.8. The van der Waals surface area contributed by atoms with Gasteiger partial charge in [-0.15, -0.1) is 0 Å². The van der Waals surface area contributed by atoms with E-state index < -0.39 is 7.82 Å². The number of esters is 1. The van der Waals surface area contributed by atoms with Gasteiger partial charge in [-0.25, -0.2) is 4.57 Å². The Morgan fingerprint density at radius 2 is 1.30 bits per heavy atom. The standard InChI is InChI=1S/C25H50NO6P/c1-5-6-7-8-9-10-11-12-13-14-15-16-17-18-19-20-25(27)30-23-24-32-33(28,29)31-22-21-26(2,3)4/h12-13H,5-11,14-24H2,1-4H3/p+1/b13-12-. The van der Waals surface area contributed by atoms with Crippen LogP contribution in [0.4, 0.5) is 0 Å². The van der Waals surface area contributed by atoms with Crippen molar-refractivity contribution in [3.63, 3.8) is 0 Å². The van der Waals surface area contributed by atoms with E-state index in [0.717, 1.165) is 25.7 Å². The van der Waals surface area contributed by atoms with Crippen molar-refractivity contribution in [2.75, 3.05) is 47.5 Å². The van der Waals surface area contributed by atoms with Crippen LogP contribution >= 0.6 is 7.82 Å². The highest BCUT2D eigenvalue weighted by atomic mass is 31.2. The Bertz CT molecular complexity index is 548. The van der Waals surface area contributed by atoms with Crippen molar-refractivity contribution >= 4 is 13.8 Å². The Morgan fingerprint density at radius 1 is 0.788 bits per heavy atom. The fourth-order valence-corrected chi connectivity index (χ4v) is 3.88. The number of phosphoric ester groups is 1. The van der Waals surface area contributed by atoms with Crippen LogP contribution in [0.15, 0.2) is 12.2 Å². The van der Waals surface area contributed by atoms with Gasteiger partial charge < -0.3 is 14.1 Å². The number of allylic oxidation sites excluding steroid dienone is 2. The molecule has 0 radical (unpaired) electrons. The number of unbranched alkanes of at least 4 members (excludes halogenated alkanes) is 11. The van der Waals surface area contributed by atoms with Gasteiger partial charge in [-0.1, -0.05) is 70.4 Å². The molecule has 0 aromatic carbocycles. The number of quaternary nitrogens is 1. The number of nitrogens with zero attached hydrogens (tertiary/aromatic N) is 1. The Hall–Kier alpha value is -0.720. The largest absolute Gasteiger partial charge is 0.472 e. The summed E-state index contributed by atoms with van der Waals surface area (Å²) in [6, 6.07) is 0. The summed E-state index contributed by atoms with van der Waals surface area (Å²) in [4.78, 5) is 21.3. The van der Waals surface area contributed by atoms with Crippen LogP contribution in [0, 0.1) is 0 Å². The van der Waals surface area contributed by atoms with Gasteiger partial charge in [0.1, 0.15) is 19.8 Å². The zero-order chi connectivity index (χ0) is 24.8. The molecule has 0 fully saturated rings. The monoisotopic (exact) mass is 492 g/mol. The van der Waals surface area contributed by atoms with Crippen LogP contribution in [0.25, 0.3) is 0 Å². The highest BCUT2D eigenvalue weighted by Crippen LogP contribution is 2.42. The molecule has 33 heavy (non-hydrogen) atoms. The average molecular weight is 493 g/mol. The van der Waals surface area contributed by atoms with Gasteiger partial charge in [0.15, 0.2) is 0 Å². The molecule has 0 spiro atoms. The van der Waals surface area contributed by atoms with Gasteiger partial charge in [-0.3, -0.25) is 13.8 Å². The number of hydrogen-bond donors (Lipinski definition) is 1. The highest BCUT2D eigenvalue weighted by molar-refractivity contribution is 7.47. The number of carbonyl (C=O) groups excluding carboxylic acids is 1. The maximum Gasteiger partial charge on any atom is 0.472 e. The first-order valence-corrected chi connectivity index (χ1v) is 14.4. The summed E-state index contributed by atoms with van der Waals surface area (Å²) in [6.45, 7) is 2.75. The molecule has 0 saturated heterocycles. The summed E-state index contributed by atoms with van der Waals surface area (Å²) in [7, 11) is 1.78. The molecule has 1 atom stereocenters. The van der Waals surface area contributed by atoms with Crippen LogP contribution in [-0.2, 0) is 23.1 Å². The topological polar surface area (TPSA) is 82.1 Å². The fraction of sp³-hybridized carbons (Fsp3) is 0.880. The Morgan fingerprint density at radius 3 is 1.88 bits per heavy atom. The number of ether oxygens (including phenoxy) is 1. The summed E-state index contributed by atoms with van der Waals surface area (Å²) >= 11 is 0. The summed E-state index contributed by atoms with van der Waals surface area (Å²) in [5.74, 6) is -0.296. The minimum Gasteiger partial charge on any atom is -0.463 e. The predicted molar refractivity (Wildman–Crippen MR) is 135 cm³/mol. The van der Waals surface area contributed by atoms with E-state index in [2.05, 4.69) is 19.1 Å². The molecule has 0 rings (SSSR count). The molecule has 1 unspecified atom stereocenters. The Balaban J connectivity index is 3.47. The molecule has 0 aromatic heterocycles. The molecule has 0 heterocycles. The summed E-state index contributed by atoms with van der Waals surface area (Å²) < 4.78 is 27.1. The second-order valence-electron chi connectivity index (χ2n) is 9.70. The van der Waals surface area contributed by atoms with Crippen molar-refractivity contribution in [2.45, 2.75) is 96.8 Å². The zero-order valence-electron chi connectivity index (χ0n) is 21.8. The van der Waals surface area contributed by atoms with E-state index in [9.17, 15) is 14.3 Å². The molecule has 7 nitrogen and oxygen atoms in total. The van der Waals surface area contributed by atoms with Crippen LogP contribution in [0.3, 0.4) is 0 Å². The smallest absolute Gasteiger partial charge is 0.463 e. The van der Waals surface area contributed by atoms with E-state index in [-0.39, 0.29) is 25.8 Å². The van der Waals surface area contributed by atoms with Crippen molar-refractivity contribution in [1.29, 1.82) is 0 Å². The normalized spacial score (nSPS) is 14.0. The summed E-state index contributed by atoms with van der Waals surface area (Å²) in [5.41, 5.74) is 0. The average Bonchev–Trinajstić information content (AvgIpc) is 2.73. The number of phosphoric acid groups is 1. The molecule has 0 aliphatic heterocycles. The van der Waals surface area contributed by atoms with Crippen LogP contribution in [0.5, 0.6) is 0 Å². The molecular formula is C25H51NO6P+. The lowest BCUT2D eigenvalue weighted by atomic mass is 10.1. The van der Waals surface area contributed by atoms with Gasteiger partial charge in [0.2, 0.25) is 0 Å². The Labute approximate surface area is 203 Å². The molecule has 196 valence electrons. The number of carbonyl (C=O) groups is 1. The first-order valence-electron chi connectivity index (χ1n) is 12.9. The number of likely N-dealkylation sites (N-methyl/N-ethyl adjacent to an activating group) is 1. The van der Waals surface area contributed by atoms with E-state index >= 15 is 0 Å². The van der Waals surface area contributed by atoms with Crippen molar-refractivity contribution < 1.29 is 32.5 Å². The fourth-order valence-electron chi connectivity index (χ4n) is 3.19. The minimum absolute atomic E-state index is 0.0485. The third-order valence-corrected chi connectivity index (χ3v) is 6.28. The lowest BCUT2D eigenvalue weighted by Crippen LogP contribution is -2.37. The van der Waals surface area contributed by atoms with E-state index in [0.29, 0.717) is 17.4 Å². The van der Waals surface area contributed by atoms with Crippen LogP contribution in [0.2, 0.25) is 0 Å². The zero-order valence-corrected chi connectivity index (χ0v) is 22.7. The Kier molecular flexibility index (Phi) is 20.2. The molecule has 0 aromatic rings. The molecule has 0 aliphatic carbocycles. The van der Waals surface area contributed by atoms with Gasteiger partial charge in [0, 0.05) is 6.42 Å². The lowest BCUT2D eigenvalue weighted by Gasteiger charge is -2.23. The van der Waals surface area contributed by atoms with E-state index in [1.807, 2.05) is 21.1 Å². The van der Waals surface area contributed by atoms with E-state index in [4.69, 9.17) is 13.8 Å². The first-order chi connectivity index (χ1) is 15.7. The summed E-state index contributed by atoms with van der Waals surface area (Å²) in [5, 5.41) is 0. The number of hydrogen-bond acceptors (Lipinski definition) is 5. The van der Waals surface area contributed by atoms with Crippen molar-refractivity contribution in [2.24, 2.45) is 0 Å². The van der Waals surface area contributed by atoms with Crippen molar-refractivity contribution in [3.05, 3.63) is 12.2 Å². The maximum atomic E-state index is 11.7. The third kappa shape index (κ3) is 25.7. The molecule has 0 amide bonds. The van der Waals surface area contributed by atoms with Gasteiger partial charge in [-0.2, -0.15) is 0 Å². The van der Waals surface area contributed by atoms with Crippen LogP contribution in [0.1, 0.15) is 96.8 Å². The second kappa shape index (κ2) is 20.6. The van der Waals surface area contributed by atoms with Gasteiger partial charge in [0.25, 0.3) is 0 Å². The second-order valence-corrected chi connectivity index (χ2v) is 11.2. The van der Waals surface area contributed by atoms with Crippen LogP contribution < -0.4 is 0 Å². The minimum atomic E-state index is -4.10. The third-order valence-electron chi connectivity index (χ3n) is 5.26. The SMILES string of the molecule is CCCCCCCC/C=C\CCCCCCCC(=O)OCCOP(=O)(O)OCC[N+](C)(C)C. The molecule has 0 bridgehead atoms. The van der Waals surface area contributed by atoms with E-state index in [1.54, 1.807) is 0 Å². The van der Waals surface area contributed by atoms with Gasteiger partial charge in [-0.05, 0) is 32.1 Å². The van der Waals surface area contributed by atoms with Gasteiger partial charge in [0.05, 0.1) is 27.7 Å². The van der Waals surface area contributed by atoms with Gasteiger partial charge >= 0.3 is 13.8 Å². The van der Waals surface area contributed by atoms with E-state index in [1.165, 1.54) is 57.8 Å². The molecule has 0 aliphatic rings.